The first-order chi connectivity index (χ1) is 24.0. The van der Waals surface area contributed by atoms with Gasteiger partial charge in [0.25, 0.3) is 0 Å². The fourth-order valence-electron chi connectivity index (χ4n) is 4.84. The number of hydrogen-bond acceptors (Lipinski definition) is 7. The first-order valence-electron chi connectivity index (χ1n) is 15.6. The van der Waals surface area contributed by atoms with Gasteiger partial charge < -0.3 is 36.1 Å². The quantitative estimate of drug-likeness (QED) is 0.134. The van der Waals surface area contributed by atoms with Gasteiger partial charge in [0, 0.05) is 46.9 Å². The molecule has 7 rings (SSSR count). The van der Waals surface area contributed by atoms with Crippen molar-refractivity contribution >= 4 is 17.1 Å². The minimum atomic E-state index is 0.645. The van der Waals surface area contributed by atoms with Gasteiger partial charge >= 0.3 is 0 Å². The lowest BCUT2D eigenvalue weighted by Gasteiger charge is -2.11. The number of nitrogens with two attached hydrogens (primary N) is 3. The molecular weight excluding hydrogens is 610 g/mol. The highest BCUT2D eigenvalue weighted by atomic mass is 16.5. The SMILES string of the molecule is Nc1ccc(Oc2ccccc2-c2ccccc2)cc1.Nc1cccc(Oc2cccc(Oc3cccc(Oc4cccc(N)c4)c3)c2)c1. The Bertz CT molecular complexity index is 2030. The standard InChI is InChI=1S/C24H20N2O3.C18H15NO/c25-17-5-1-7-19(13-17)27-21-9-3-11-23(15-21)29-24-12-4-10-22(16-24)28-20-8-2-6-18(26)14-20;19-15-10-12-16(13-11-15)20-18-9-5-4-8-17(18)14-6-2-1-3-7-14/h1-16H,25-26H2;1-13H,19H2. The van der Waals surface area contributed by atoms with Gasteiger partial charge in [-0.3, -0.25) is 0 Å². The second kappa shape index (κ2) is 15.6. The third-order valence-corrected chi connectivity index (χ3v) is 7.11. The number of para-hydroxylation sites is 1. The van der Waals surface area contributed by atoms with Crippen LogP contribution in [0.4, 0.5) is 17.1 Å². The highest BCUT2D eigenvalue weighted by molar-refractivity contribution is 5.70. The smallest absolute Gasteiger partial charge is 0.135 e. The molecule has 0 spiro atoms. The van der Waals surface area contributed by atoms with Crippen molar-refractivity contribution < 1.29 is 18.9 Å². The van der Waals surface area contributed by atoms with E-state index in [0.717, 1.165) is 28.3 Å². The van der Waals surface area contributed by atoms with Crippen LogP contribution in [0.25, 0.3) is 11.1 Å². The minimum absolute atomic E-state index is 0.645. The highest BCUT2D eigenvalue weighted by Crippen LogP contribution is 2.34. The van der Waals surface area contributed by atoms with Crippen molar-refractivity contribution in [1.29, 1.82) is 0 Å². The van der Waals surface area contributed by atoms with Crippen LogP contribution in [0.15, 0.2) is 176 Å². The average Bonchev–Trinajstić information content (AvgIpc) is 3.11. The molecule has 0 atom stereocenters. The van der Waals surface area contributed by atoms with E-state index in [9.17, 15) is 0 Å². The maximum atomic E-state index is 5.97. The largest absolute Gasteiger partial charge is 0.457 e. The van der Waals surface area contributed by atoms with Gasteiger partial charge in [0.05, 0.1) is 0 Å². The van der Waals surface area contributed by atoms with Crippen molar-refractivity contribution in [3.63, 3.8) is 0 Å². The van der Waals surface area contributed by atoms with E-state index in [1.54, 1.807) is 12.1 Å². The lowest BCUT2D eigenvalue weighted by molar-refractivity contribution is 0.452. The Balaban J connectivity index is 0.000000182. The summed E-state index contributed by atoms with van der Waals surface area (Å²) in [7, 11) is 0. The molecule has 242 valence electrons. The molecule has 7 aromatic carbocycles. The molecule has 7 nitrogen and oxygen atoms in total. The maximum absolute atomic E-state index is 5.97. The summed E-state index contributed by atoms with van der Waals surface area (Å²) in [6, 6.07) is 55.0. The van der Waals surface area contributed by atoms with E-state index in [0.29, 0.717) is 45.9 Å². The molecule has 49 heavy (non-hydrogen) atoms. The Morgan fingerprint density at radius 3 is 1.20 bits per heavy atom. The Morgan fingerprint density at radius 1 is 0.286 bits per heavy atom. The molecule has 0 saturated carbocycles. The van der Waals surface area contributed by atoms with Crippen LogP contribution in [-0.2, 0) is 0 Å². The van der Waals surface area contributed by atoms with Crippen LogP contribution in [0.1, 0.15) is 0 Å². The van der Waals surface area contributed by atoms with Crippen LogP contribution < -0.4 is 36.1 Å². The normalized spacial score (nSPS) is 10.3. The zero-order valence-corrected chi connectivity index (χ0v) is 26.6. The summed E-state index contributed by atoms with van der Waals surface area (Å²) in [4.78, 5) is 0. The molecule has 0 unspecified atom stereocenters. The molecule has 0 aromatic heterocycles. The van der Waals surface area contributed by atoms with Gasteiger partial charge in [0.1, 0.15) is 46.0 Å². The van der Waals surface area contributed by atoms with Crippen molar-refractivity contribution in [2.75, 3.05) is 17.2 Å². The maximum Gasteiger partial charge on any atom is 0.135 e. The fourth-order valence-corrected chi connectivity index (χ4v) is 4.84. The van der Waals surface area contributed by atoms with E-state index in [1.165, 1.54) is 0 Å². The van der Waals surface area contributed by atoms with Gasteiger partial charge in [-0.05, 0) is 84.4 Å². The molecule has 7 aromatic rings. The minimum Gasteiger partial charge on any atom is -0.457 e. The molecule has 6 N–H and O–H groups in total. The number of hydrogen-bond donors (Lipinski definition) is 3. The van der Waals surface area contributed by atoms with Crippen molar-refractivity contribution in [3.05, 3.63) is 176 Å². The average molecular weight is 646 g/mol. The fraction of sp³-hybridized carbons (Fsp3) is 0. The number of nitrogen functional groups attached to an aromatic ring is 3. The first kappa shape index (κ1) is 32.1. The Kier molecular flexibility index (Phi) is 10.2. The lowest BCUT2D eigenvalue weighted by Crippen LogP contribution is -1.90. The van der Waals surface area contributed by atoms with Crippen LogP contribution in [0.3, 0.4) is 0 Å². The van der Waals surface area contributed by atoms with Gasteiger partial charge in [-0.25, -0.2) is 0 Å². The van der Waals surface area contributed by atoms with E-state index in [-0.39, 0.29) is 0 Å². The molecule has 0 aliphatic rings. The van der Waals surface area contributed by atoms with Crippen LogP contribution in [0, 0.1) is 0 Å². The van der Waals surface area contributed by atoms with E-state index in [4.69, 9.17) is 36.1 Å². The molecule has 0 saturated heterocycles. The predicted molar refractivity (Wildman–Crippen MR) is 198 cm³/mol. The van der Waals surface area contributed by atoms with Gasteiger partial charge in [0.2, 0.25) is 0 Å². The second-order valence-electron chi connectivity index (χ2n) is 10.9. The van der Waals surface area contributed by atoms with Crippen molar-refractivity contribution in [1.82, 2.24) is 0 Å². The molecule has 0 bridgehead atoms. The third kappa shape index (κ3) is 9.34. The van der Waals surface area contributed by atoms with E-state index in [2.05, 4.69) is 18.2 Å². The van der Waals surface area contributed by atoms with Gasteiger partial charge in [0.15, 0.2) is 0 Å². The van der Waals surface area contributed by atoms with E-state index < -0.39 is 0 Å². The molecule has 0 amide bonds. The second-order valence-corrected chi connectivity index (χ2v) is 10.9. The van der Waals surface area contributed by atoms with E-state index in [1.807, 2.05) is 146 Å². The van der Waals surface area contributed by atoms with Crippen LogP contribution in [0.5, 0.6) is 46.0 Å². The molecule has 0 heterocycles. The molecular formula is C42H35N3O4. The van der Waals surface area contributed by atoms with Gasteiger partial charge in [-0.1, -0.05) is 72.8 Å². The summed E-state index contributed by atoms with van der Waals surface area (Å²) >= 11 is 0. The van der Waals surface area contributed by atoms with Crippen LogP contribution in [-0.4, -0.2) is 0 Å². The first-order valence-corrected chi connectivity index (χ1v) is 15.6. The molecule has 0 radical (unpaired) electrons. The number of anilines is 3. The third-order valence-electron chi connectivity index (χ3n) is 7.11. The van der Waals surface area contributed by atoms with Crippen LogP contribution in [0.2, 0.25) is 0 Å². The Morgan fingerprint density at radius 2 is 0.714 bits per heavy atom. The number of benzene rings is 7. The summed E-state index contributed by atoms with van der Waals surface area (Å²) in [6.45, 7) is 0. The molecule has 0 aliphatic heterocycles. The van der Waals surface area contributed by atoms with Gasteiger partial charge in [-0.15, -0.1) is 0 Å². The zero-order valence-electron chi connectivity index (χ0n) is 26.6. The van der Waals surface area contributed by atoms with Crippen molar-refractivity contribution in [2.45, 2.75) is 0 Å². The monoisotopic (exact) mass is 645 g/mol. The summed E-state index contributed by atoms with van der Waals surface area (Å²) in [5.74, 6) is 5.55. The molecule has 7 heteroatoms. The van der Waals surface area contributed by atoms with Crippen molar-refractivity contribution in [2.24, 2.45) is 0 Å². The predicted octanol–water partition coefficient (Wildman–Crippen LogP) is 11.0. The number of rotatable bonds is 9. The molecule has 0 aliphatic carbocycles. The van der Waals surface area contributed by atoms with Crippen LogP contribution >= 0.6 is 0 Å². The molecule has 0 fully saturated rings. The van der Waals surface area contributed by atoms with E-state index >= 15 is 0 Å². The summed E-state index contributed by atoms with van der Waals surface area (Å²) in [5.41, 5.74) is 21.5. The Hall–Kier alpha value is -6.86. The summed E-state index contributed by atoms with van der Waals surface area (Å²) in [6.07, 6.45) is 0. The summed E-state index contributed by atoms with van der Waals surface area (Å²) < 4.78 is 23.6. The number of ether oxygens (including phenoxy) is 4. The lowest BCUT2D eigenvalue weighted by atomic mass is 10.1. The van der Waals surface area contributed by atoms with Crippen molar-refractivity contribution in [3.8, 4) is 57.1 Å². The summed E-state index contributed by atoms with van der Waals surface area (Å²) in [5, 5.41) is 0. The Labute approximate surface area is 285 Å². The highest BCUT2D eigenvalue weighted by Gasteiger charge is 2.07. The van der Waals surface area contributed by atoms with Gasteiger partial charge in [-0.2, -0.15) is 0 Å². The topological polar surface area (TPSA) is 115 Å². The zero-order chi connectivity index (χ0) is 33.8.